The third-order valence-corrected chi connectivity index (χ3v) is 4.15. The lowest BCUT2D eigenvalue weighted by Gasteiger charge is -2.11. The predicted molar refractivity (Wildman–Crippen MR) is 81.7 cm³/mol. The van der Waals surface area contributed by atoms with Crippen molar-refractivity contribution in [3.63, 3.8) is 0 Å². The fourth-order valence-corrected chi connectivity index (χ4v) is 3.14. The van der Waals surface area contributed by atoms with E-state index in [1.54, 1.807) is 0 Å². The summed E-state index contributed by atoms with van der Waals surface area (Å²) in [6.07, 6.45) is 3.40. The largest absolute Gasteiger partial charge is 0.0683 e. The van der Waals surface area contributed by atoms with Gasteiger partial charge in [0.05, 0.1) is 0 Å². The quantitative estimate of drug-likeness (QED) is 0.663. The third-order valence-electron chi connectivity index (χ3n) is 3.49. The molecule has 0 radical (unpaired) electrons. The molecule has 0 atom stereocenters. The molecule has 0 spiro atoms. The van der Waals surface area contributed by atoms with Gasteiger partial charge in [-0.15, -0.1) is 0 Å². The van der Waals surface area contributed by atoms with Gasteiger partial charge in [0.15, 0.2) is 0 Å². The Hall–Kier alpha value is -1.34. The van der Waals surface area contributed by atoms with Gasteiger partial charge in [0.2, 0.25) is 0 Å². The van der Waals surface area contributed by atoms with Crippen LogP contribution in [0.4, 0.5) is 0 Å². The Morgan fingerprint density at radius 2 is 1.67 bits per heavy atom. The second kappa shape index (κ2) is 4.40. The van der Waals surface area contributed by atoms with Gasteiger partial charge in [-0.1, -0.05) is 63.5 Å². The highest BCUT2D eigenvalue weighted by Crippen LogP contribution is 2.38. The normalized spacial score (nSPS) is 13.4. The summed E-state index contributed by atoms with van der Waals surface area (Å²) in [6, 6.07) is 13.2. The number of aryl methyl sites for hydroxylation is 1. The highest BCUT2D eigenvalue weighted by atomic mass is 79.9. The van der Waals surface area contributed by atoms with Gasteiger partial charge in [0.25, 0.3) is 0 Å². The first kappa shape index (κ1) is 11.7. The number of hydrogen-bond acceptors (Lipinski definition) is 0. The van der Waals surface area contributed by atoms with E-state index in [0.29, 0.717) is 0 Å². The molecule has 0 heterocycles. The van der Waals surface area contributed by atoms with Gasteiger partial charge >= 0.3 is 0 Å². The van der Waals surface area contributed by atoms with Gasteiger partial charge in [0, 0.05) is 10.0 Å². The van der Waals surface area contributed by atoms with Gasteiger partial charge < -0.3 is 0 Å². The molecule has 0 bridgehead atoms. The Morgan fingerprint density at radius 3 is 2.39 bits per heavy atom. The summed E-state index contributed by atoms with van der Waals surface area (Å²) in [5.41, 5.74) is 8.17. The van der Waals surface area contributed by atoms with Crippen LogP contribution in [0.3, 0.4) is 0 Å². The van der Waals surface area contributed by atoms with E-state index >= 15 is 0 Å². The Kier molecular flexibility index (Phi) is 2.87. The summed E-state index contributed by atoms with van der Waals surface area (Å²) in [7, 11) is 0. The van der Waals surface area contributed by atoms with Crippen LogP contribution in [-0.4, -0.2) is 0 Å². The minimum absolute atomic E-state index is 1.08. The van der Waals surface area contributed by atoms with Gasteiger partial charge in [-0.25, -0.2) is 0 Å². The van der Waals surface area contributed by atoms with E-state index in [-0.39, 0.29) is 0 Å². The van der Waals surface area contributed by atoms with Crippen molar-refractivity contribution in [2.45, 2.75) is 20.3 Å². The Balaban J connectivity index is 2.23. The van der Waals surface area contributed by atoms with Crippen molar-refractivity contribution in [1.82, 2.24) is 0 Å². The van der Waals surface area contributed by atoms with Crippen LogP contribution in [-0.2, 0) is 6.42 Å². The average molecular weight is 299 g/mol. The molecule has 18 heavy (non-hydrogen) atoms. The van der Waals surface area contributed by atoms with Gasteiger partial charge in [-0.3, -0.25) is 0 Å². The molecular weight excluding hydrogens is 284 g/mol. The van der Waals surface area contributed by atoms with Crippen molar-refractivity contribution >= 4 is 22.0 Å². The summed E-state index contributed by atoms with van der Waals surface area (Å²) in [6.45, 7) is 4.32. The molecular formula is C17H15Br. The zero-order chi connectivity index (χ0) is 12.7. The van der Waals surface area contributed by atoms with Crippen LogP contribution in [0, 0.1) is 6.92 Å². The topological polar surface area (TPSA) is 0 Å². The zero-order valence-corrected chi connectivity index (χ0v) is 12.2. The number of allylic oxidation sites excluding steroid dienone is 1. The van der Waals surface area contributed by atoms with E-state index in [1.165, 1.54) is 37.9 Å². The lowest BCUT2D eigenvalue weighted by Crippen LogP contribution is -1.89. The lowest BCUT2D eigenvalue weighted by atomic mass is 9.96. The van der Waals surface area contributed by atoms with Crippen molar-refractivity contribution in [3.8, 4) is 11.1 Å². The van der Waals surface area contributed by atoms with Crippen molar-refractivity contribution in [2.75, 3.05) is 0 Å². The molecule has 0 saturated heterocycles. The van der Waals surface area contributed by atoms with E-state index in [1.807, 2.05) is 0 Å². The first-order valence-corrected chi connectivity index (χ1v) is 7.00. The molecule has 0 saturated carbocycles. The minimum atomic E-state index is 1.08. The van der Waals surface area contributed by atoms with Crippen molar-refractivity contribution < 1.29 is 0 Å². The van der Waals surface area contributed by atoms with Crippen molar-refractivity contribution in [2.24, 2.45) is 0 Å². The number of hydrogen-bond donors (Lipinski definition) is 0. The Bertz CT molecular complexity index is 633. The number of rotatable bonds is 1. The molecule has 1 aliphatic carbocycles. The van der Waals surface area contributed by atoms with Crippen LogP contribution in [0.15, 0.2) is 46.4 Å². The Morgan fingerprint density at radius 1 is 0.944 bits per heavy atom. The van der Waals surface area contributed by atoms with Gasteiger partial charge in [0.1, 0.15) is 0 Å². The molecule has 2 aromatic rings. The van der Waals surface area contributed by atoms with Crippen LogP contribution in [0.1, 0.15) is 23.6 Å². The highest BCUT2D eigenvalue weighted by Gasteiger charge is 2.16. The van der Waals surface area contributed by atoms with Crippen molar-refractivity contribution in [3.05, 3.63) is 63.1 Å². The SMILES string of the molecule is CC1=Cc2c(ccc(Br)c2-c2ccc(C)cc2)C1. The maximum Gasteiger partial charge on any atom is 0.0259 e. The maximum atomic E-state index is 3.70. The monoisotopic (exact) mass is 298 g/mol. The van der Waals surface area contributed by atoms with E-state index in [4.69, 9.17) is 0 Å². The van der Waals surface area contributed by atoms with Crippen molar-refractivity contribution in [1.29, 1.82) is 0 Å². The Labute approximate surface area is 116 Å². The van der Waals surface area contributed by atoms with Crippen LogP contribution in [0.25, 0.3) is 17.2 Å². The molecule has 0 fully saturated rings. The summed E-state index contributed by atoms with van der Waals surface area (Å²) < 4.78 is 1.18. The van der Waals surface area contributed by atoms with Crippen LogP contribution < -0.4 is 0 Å². The van der Waals surface area contributed by atoms with E-state index in [0.717, 1.165) is 6.42 Å². The second-order valence-electron chi connectivity index (χ2n) is 5.03. The smallest absolute Gasteiger partial charge is 0.0259 e. The molecule has 1 aliphatic rings. The molecule has 0 aromatic heterocycles. The highest BCUT2D eigenvalue weighted by molar-refractivity contribution is 9.10. The van der Waals surface area contributed by atoms with E-state index in [2.05, 4.69) is 72.3 Å². The molecule has 0 aliphatic heterocycles. The molecule has 3 rings (SSSR count). The van der Waals surface area contributed by atoms with Crippen LogP contribution in [0.5, 0.6) is 0 Å². The number of halogens is 1. The van der Waals surface area contributed by atoms with E-state index < -0.39 is 0 Å². The van der Waals surface area contributed by atoms with E-state index in [9.17, 15) is 0 Å². The lowest BCUT2D eigenvalue weighted by molar-refractivity contribution is 1.19. The summed E-state index contributed by atoms with van der Waals surface area (Å²) in [5, 5.41) is 0. The van der Waals surface area contributed by atoms with Crippen LogP contribution in [0.2, 0.25) is 0 Å². The molecule has 0 N–H and O–H groups in total. The minimum Gasteiger partial charge on any atom is -0.0683 e. The third kappa shape index (κ3) is 1.93. The second-order valence-corrected chi connectivity index (χ2v) is 5.88. The number of benzene rings is 2. The van der Waals surface area contributed by atoms with Gasteiger partial charge in [-0.05, 0) is 43.0 Å². The van der Waals surface area contributed by atoms with Crippen LogP contribution >= 0.6 is 15.9 Å². The fourth-order valence-electron chi connectivity index (χ4n) is 2.57. The molecule has 0 amide bonds. The first-order valence-electron chi connectivity index (χ1n) is 6.21. The molecule has 2 aromatic carbocycles. The predicted octanol–water partition coefficient (Wildman–Crippen LogP) is 5.38. The maximum absolute atomic E-state index is 3.70. The first-order chi connectivity index (χ1) is 8.65. The molecule has 0 nitrogen and oxygen atoms in total. The molecule has 0 unspecified atom stereocenters. The fraction of sp³-hybridized carbons (Fsp3) is 0.176. The average Bonchev–Trinajstić information content (AvgIpc) is 2.71. The number of fused-ring (bicyclic) bond motifs is 1. The summed E-state index contributed by atoms with van der Waals surface area (Å²) in [4.78, 5) is 0. The van der Waals surface area contributed by atoms with Gasteiger partial charge in [-0.2, -0.15) is 0 Å². The molecule has 90 valence electrons. The summed E-state index contributed by atoms with van der Waals surface area (Å²) >= 11 is 3.70. The molecule has 1 heteroatoms. The summed E-state index contributed by atoms with van der Waals surface area (Å²) in [5.74, 6) is 0. The standard InChI is InChI=1S/C17H15Br/c1-11-3-5-13(6-4-11)17-15-10-12(2)9-14(15)7-8-16(17)18/h3-8,10H,9H2,1-2H3. The zero-order valence-electron chi connectivity index (χ0n) is 10.6.